The molecule has 0 saturated carbocycles. The maximum Gasteiger partial charge on any atom is 0.224 e. The van der Waals surface area contributed by atoms with Crippen LogP contribution < -0.4 is 10.2 Å². The first-order valence-electron chi connectivity index (χ1n) is 7.03. The quantitative estimate of drug-likeness (QED) is 0.544. The van der Waals surface area contributed by atoms with Gasteiger partial charge in [-0.2, -0.15) is 0 Å². The highest BCUT2D eigenvalue weighted by molar-refractivity contribution is 6.17. The van der Waals surface area contributed by atoms with Crippen molar-refractivity contribution in [3.8, 4) is 0 Å². The third kappa shape index (κ3) is 5.80. The average Bonchev–Trinajstić information content (AvgIpc) is 2.46. The summed E-state index contributed by atoms with van der Waals surface area (Å²) in [6.07, 6.45) is 2.17. The van der Waals surface area contributed by atoms with E-state index in [4.69, 9.17) is 16.7 Å². The van der Waals surface area contributed by atoms with Crippen molar-refractivity contribution in [2.24, 2.45) is 0 Å². The van der Waals surface area contributed by atoms with Crippen molar-refractivity contribution in [2.45, 2.75) is 26.2 Å². The normalized spacial score (nSPS) is 10.3. The van der Waals surface area contributed by atoms with Gasteiger partial charge < -0.3 is 15.3 Å². The van der Waals surface area contributed by atoms with Gasteiger partial charge in [0, 0.05) is 36.8 Å². The Balaban J connectivity index is 2.51. The molecule has 0 aliphatic heterocycles. The number of alkyl halides is 1. The second kappa shape index (κ2) is 9.61. The molecule has 20 heavy (non-hydrogen) atoms. The topological polar surface area (TPSA) is 52.6 Å². The molecule has 0 aliphatic rings. The molecule has 112 valence electrons. The van der Waals surface area contributed by atoms with Gasteiger partial charge in [0.05, 0.1) is 6.61 Å². The fourth-order valence-corrected chi connectivity index (χ4v) is 2.14. The zero-order valence-corrected chi connectivity index (χ0v) is 12.7. The van der Waals surface area contributed by atoms with Crippen LogP contribution in [0.1, 0.15) is 26.2 Å². The largest absolute Gasteiger partial charge is 0.395 e. The van der Waals surface area contributed by atoms with Crippen LogP contribution in [0.3, 0.4) is 0 Å². The van der Waals surface area contributed by atoms with Crippen molar-refractivity contribution < 1.29 is 9.90 Å². The SMILES string of the molecule is CCN(CCO)c1ccc(NC(=O)CCCCCl)cc1. The van der Waals surface area contributed by atoms with E-state index in [0.29, 0.717) is 18.8 Å². The number of likely N-dealkylation sites (N-methyl/N-ethyl adjacent to an activating group) is 1. The summed E-state index contributed by atoms with van der Waals surface area (Å²) in [7, 11) is 0. The number of hydrogen-bond acceptors (Lipinski definition) is 3. The van der Waals surface area contributed by atoms with Gasteiger partial charge in [-0.25, -0.2) is 0 Å². The Morgan fingerprint density at radius 2 is 2.00 bits per heavy atom. The van der Waals surface area contributed by atoms with Gasteiger partial charge in [0.15, 0.2) is 0 Å². The minimum atomic E-state index is 0.0190. The molecule has 0 aromatic heterocycles. The van der Waals surface area contributed by atoms with Crippen molar-refractivity contribution in [2.75, 3.05) is 35.8 Å². The fourth-order valence-electron chi connectivity index (χ4n) is 1.95. The standard InChI is InChI=1S/C15H23ClN2O2/c1-2-18(11-12-19)14-8-6-13(7-9-14)17-15(20)5-3-4-10-16/h6-9,19H,2-5,10-12H2,1H3,(H,17,20). The molecule has 4 nitrogen and oxygen atoms in total. The molecular formula is C15H23ClN2O2. The van der Waals surface area contributed by atoms with Crippen molar-refractivity contribution in [3.05, 3.63) is 24.3 Å². The summed E-state index contributed by atoms with van der Waals surface area (Å²) in [6, 6.07) is 7.67. The van der Waals surface area contributed by atoms with Gasteiger partial charge >= 0.3 is 0 Å². The number of unbranched alkanes of at least 4 members (excludes halogenated alkanes) is 1. The summed E-state index contributed by atoms with van der Waals surface area (Å²) >= 11 is 5.58. The number of anilines is 2. The van der Waals surface area contributed by atoms with Crippen LogP contribution in [-0.4, -0.2) is 36.6 Å². The number of carbonyl (C=O) groups excluding carboxylic acids is 1. The van der Waals surface area contributed by atoms with Gasteiger partial charge in [0.1, 0.15) is 0 Å². The van der Waals surface area contributed by atoms with Crippen LogP contribution in [0.5, 0.6) is 0 Å². The third-order valence-corrected chi connectivity index (χ3v) is 3.32. The number of halogens is 1. The number of benzene rings is 1. The molecule has 0 fully saturated rings. The molecule has 5 heteroatoms. The number of aliphatic hydroxyl groups is 1. The first kappa shape index (κ1) is 16.8. The van der Waals surface area contributed by atoms with Gasteiger partial charge in [-0.1, -0.05) is 0 Å². The Hall–Kier alpha value is -1.26. The molecule has 2 N–H and O–H groups in total. The maximum atomic E-state index is 11.7. The molecule has 1 aromatic carbocycles. The van der Waals surface area contributed by atoms with E-state index >= 15 is 0 Å². The van der Waals surface area contributed by atoms with Crippen LogP contribution in [0.4, 0.5) is 11.4 Å². The lowest BCUT2D eigenvalue weighted by Gasteiger charge is -2.22. The zero-order valence-electron chi connectivity index (χ0n) is 11.9. The summed E-state index contributed by atoms with van der Waals surface area (Å²) in [5.74, 6) is 0.616. The number of rotatable bonds is 9. The number of hydrogen-bond donors (Lipinski definition) is 2. The summed E-state index contributed by atoms with van der Waals surface area (Å²) in [4.78, 5) is 13.7. The summed E-state index contributed by atoms with van der Waals surface area (Å²) in [5, 5.41) is 11.9. The predicted molar refractivity (Wildman–Crippen MR) is 84.6 cm³/mol. The molecule has 0 atom stereocenters. The molecule has 1 amide bonds. The van der Waals surface area contributed by atoms with Crippen molar-refractivity contribution in [1.82, 2.24) is 0 Å². The van der Waals surface area contributed by atoms with E-state index < -0.39 is 0 Å². The van der Waals surface area contributed by atoms with E-state index in [9.17, 15) is 4.79 Å². The molecule has 0 aliphatic carbocycles. The number of nitrogens with zero attached hydrogens (tertiary/aromatic N) is 1. The Morgan fingerprint density at radius 1 is 1.30 bits per heavy atom. The second-order valence-electron chi connectivity index (χ2n) is 4.54. The Morgan fingerprint density at radius 3 is 2.55 bits per heavy atom. The van der Waals surface area contributed by atoms with Crippen LogP contribution >= 0.6 is 11.6 Å². The zero-order chi connectivity index (χ0) is 14.8. The van der Waals surface area contributed by atoms with Gasteiger partial charge in [-0.15, -0.1) is 11.6 Å². The van der Waals surface area contributed by atoms with Gasteiger partial charge in [0.2, 0.25) is 5.91 Å². The van der Waals surface area contributed by atoms with Crippen molar-refractivity contribution in [3.63, 3.8) is 0 Å². The minimum absolute atomic E-state index is 0.0190. The predicted octanol–water partition coefficient (Wildman–Crippen LogP) is 2.85. The van der Waals surface area contributed by atoms with Crippen LogP contribution in [0.2, 0.25) is 0 Å². The molecule has 0 spiro atoms. The highest BCUT2D eigenvalue weighted by Crippen LogP contribution is 2.18. The number of amides is 1. The summed E-state index contributed by atoms with van der Waals surface area (Å²) in [5.41, 5.74) is 1.84. The molecule has 0 unspecified atom stereocenters. The van der Waals surface area contributed by atoms with E-state index in [2.05, 4.69) is 10.2 Å². The monoisotopic (exact) mass is 298 g/mol. The van der Waals surface area contributed by atoms with E-state index in [1.807, 2.05) is 31.2 Å². The smallest absolute Gasteiger partial charge is 0.224 e. The van der Waals surface area contributed by atoms with Gasteiger partial charge in [-0.05, 0) is 44.0 Å². The Labute approximate surface area is 125 Å². The van der Waals surface area contributed by atoms with E-state index in [1.165, 1.54) is 0 Å². The van der Waals surface area contributed by atoms with Gasteiger partial charge in [-0.3, -0.25) is 4.79 Å². The Kier molecular flexibility index (Phi) is 8.07. The first-order chi connectivity index (χ1) is 9.71. The van der Waals surface area contributed by atoms with E-state index in [1.54, 1.807) is 0 Å². The molecule has 0 radical (unpaired) electrons. The highest BCUT2D eigenvalue weighted by atomic mass is 35.5. The second-order valence-corrected chi connectivity index (χ2v) is 4.92. The fraction of sp³-hybridized carbons (Fsp3) is 0.533. The lowest BCUT2D eigenvalue weighted by molar-refractivity contribution is -0.116. The summed E-state index contributed by atoms with van der Waals surface area (Å²) < 4.78 is 0. The number of carbonyl (C=O) groups is 1. The van der Waals surface area contributed by atoms with Crippen LogP contribution in [0.25, 0.3) is 0 Å². The van der Waals surface area contributed by atoms with Crippen molar-refractivity contribution >= 4 is 28.9 Å². The molecule has 0 saturated heterocycles. The molecule has 0 bridgehead atoms. The van der Waals surface area contributed by atoms with Crippen LogP contribution in [0.15, 0.2) is 24.3 Å². The molecule has 1 aromatic rings. The lowest BCUT2D eigenvalue weighted by Crippen LogP contribution is -2.26. The Bertz CT molecular complexity index is 395. The maximum absolute atomic E-state index is 11.7. The van der Waals surface area contributed by atoms with Crippen LogP contribution in [0, 0.1) is 0 Å². The minimum Gasteiger partial charge on any atom is -0.395 e. The lowest BCUT2D eigenvalue weighted by atomic mass is 10.2. The molecule has 1 rings (SSSR count). The molecular weight excluding hydrogens is 276 g/mol. The van der Waals surface area contributed by atoms with Crippen molar-refractivity contribution in [1.29, 1.82) is 0 Å². The third-order valence-electron chi connectivity index (χ3n) is 3.06. The number of nitrogens with one attached hydrogen (secondary N) is 1. The highest BCUT2D eigenvalue weighted by Gasteiger charge is 2.05. The summed E-state index contributed by atoms with van der Waals surface area (Å²) in [6.45, 7) is 3.63. The van der Waals surface area contributed by atoms with Gasteiger partial charge in [0.25, 0.3) is 0 Å². The van der Waals surface area contributed by atoms with E-state index in [-0.39, 0.29) is 12.5 Å². The van der Waals surface area contributed by atoms with E-state index in [0.717, 1.165) is 30.8 Å². The molecule has 0 heterocycles. The van der Waals surface area contributed by atoms with Crippen LogP contribution in [-0.2, 0) is 4.79 Å². The average molecular weight is 299 g/mol. The number of aliphatic hydroxyl groups excluding tert-OH is 1. The first-order valence-corrected chi connectivity index (χ1v) is 7.56.